The maximum Gasteiger partial charge on any atom is 0.417 e. The van der Waals surface area contributed by atoms with Crippen LogP contribution >= 0.6 is 15.9 Å². The van der Waals surface area contributed by atoms with E-state index in [9.17, 15) is 27.3 Å². The zero-order valence-corrected chi connectivity index (χ0v) is 14.2. The molecule has 0 aromatic heterocycles. The summed E-state index contributed by atoms with van der Waals surface area (Å²) in [5, 5.41) is -1.06. The number of fused-ring (bicyclic) bond motifs is 5. The highest BCUT2D eigenvalue weighted by atomic mass is 79.9. The van der Waals surface area contributed by atoms with E-state index in [1.807, 2.05) is 0 Å². The van der Waals surface area contributed by atoms with Gasteiger partial charge in [0.1, 0.15) is 22.3 Å². The second kappa shape index (κ2) is 5.09. The molecule has 3 aliphatic heterocycles. The minimum atomic E-state index is -4.61. The van der Waals surface area contributed by atoms with Gasteiger partial charge in [-0.3, -0.25) is 9.59 Å². The van der Waals surface area contributed by atoms with Crippen LogP contribution in [0, 0.1) is 11.8 Å². The molecule has 24 heavy (non-hydrogen) atoms. The molecule has 126 valence electrons. The van der Waals surface area contributed by atoms with Crippen molar-refractivity contribution in [3.8, 4) is 0 Å². The van der Waals surface area contributed by atoms with Crippen molar-refractivity contribution >= 4 is 44.6 Å². The van der Waals surface area contributed by atoms with Gasteiger partial charge in [-0.25, -0.2) is 4.90 Å². The van der Waals surface area contributed by atoms with Gasteiger partial charge in [0, 0.05) is 4.47 Å². The number of halogens is 4. The summed E-state index contributed by atoms with van der Waals surface area (Å²) in [6, 6.07) is 3.24. The third-order valence-electron chi connectivity index (χ3n) is 4.65. The molecule has 2 bridgehead atoms. The van der Waals surface area contributed by atoms with Crippen molar-refractivity contribution in [3.63, 3.8) is 0 Å². The first-order chi connectivity index (χ1) is 11.2. The van der Waals surface area contributed by atoms with Gasteiger partial charge < -0.3 is 4.55 Å². The van der Waals surface area contributed by atoms with E-state index in [1.54, 1.807) is 12.2 Å². The van der Waals surface area contributed by atoms with Crippen molar-refractivity contribution in [1.82, 2.24) is 0 Å². The lowest BCUT2D eigenvalue weighted by Crippen LogP contribution is -2.36. The highest BCUT2D eigenvalue weighted by molar-refractivity contribution is 9.10. The van der Waals surface area contributed by atoms with Crippen LogP contribution in [0.15, 0.2) is 34.8 Å². The predicted molar refractivity (Wildman–Crippen MR) is 83.5 cm³/mol. The summed E-state index contributed by atoms with van der Waals surface area (Å²) in [5.74, 6) is -2.64. The van der Waals surface area contributed by atoms with Gasteiger partial charge in [0.15, 0.2) is 0 Å². The summed E-state index contributed by atoms with van der Waals surface area (Å²) in [6.07, 6.45) is -1.28. The monoisotopic (exact) mass is 419 g/mol. The Kier molecular flexibility index (Phi) is 3.43. The SMILES string of the molecule is O=C1[C@@H]2[C@H](C(=O)N1c1ccc(Br)c(C(F)(F)F)c1)[C@@H]1C=C[C@H]2[S+]1[O-]. The van der Waals surface area contributed by atoms with E-state index in [0.717, 1.165) is 17.0 Å². The molecule has 1 unspecified atom stereocenters. The molecule has 2 amide bonds. The van der Waals surface area contributed by atoms with Gasteiger partial charge in [0.2, 0.25) is 11.8 Å². The molecule has 9 heteroatoms. The van der Waals surface area contributed by atoms with E-state index >= 15 is 0 Å². The largest absolute Gasteiger partial charge is 0.615 e. The summed E-state index contributed by atoms with van der Waals surface area (Å²) in [6.45, 7) is 0. The summed E-state index contributed by atoms with van der Waals surface area (Å²) < 4.78 is 51.1. The maximum atomic E-state index is 13.1. The summed E-state index contributed by atoms with van der Waals surface area (Å²) in [7, 11) is 0. The molecule has 0 saturated carbocycles. The van der Waals surface area contributed by atoms with Gasteiger partial charge in [0.05, 0.1) is 11.3 Å². The van der Waals surface area contributed by atoms with Crippen LogP contribution in [-0.4, -0.2) is 26.9 Å². The number of rotatable bonds is 1. The van der Waals surface area contributed by atoms with Crippen molar-refractivity contribution in [1.29, 1.82) is 0 Å². The molecule has 2 fully saturated rings. The van der Waals surface area contributed by atoms with Crippen molar-refractivity contribution in [2.75, 3.05) is 4.90 Å². The highest BCUT2D eigenvalue weighted by Gasteiger charge is 2.67. The number of imide groups is 1. The lowest BCUT2D eigenvalue weighted by atomic mass is 9.85. The number of carbonyl (C=O) groups is 2. The number of hydrogen-bond acceptors (Lipinski definition) is 3. The Hall–Kier alpha value is -1.32. The van der Waals surface area contributed by atoms with Gasteiger partial charge in [-0.2, -0.15) is 13.2 Å². The predicted octanol–water partition coefficient (Wildman–Crippen LogP) is 2.64. The van der Waals surface area contributed by atoms with E-state index in [1.165, 1.54) is 6.07 Å². The first-order valence-corrected chi connectivity index (χ1v) is 9.11. The quantitative estimate of drug-likeness (QED) is 0.399. The molecular weight excluding hydrogens is 411 g/mol. The Bertz CT molecular complexity index is 765. The standard InChI is InChI=1S/C15H9BrF3NO3S/c16-8-2-1-6(5-7(8)15(17,18)19)20-13(21)11-9-3-4-10(24(9)23)12(11)14(20)22/h1-5,9-12H/t9-,10+,11+,12-,24?. The van der Waals surface area contributed by atoms with Gasteiger partial charge in [-0.1, -0.05) is 15.9 Å². The Labute approximate surface area is 146 Å². The van der Waals surface area contributed by atoms with Crippen molar-refractivity contribution in [2.24, 2.45) is 11.8 Å². The van der Waals surface area contributed by atoms with Crippen LogP contribution < -0.4 is 4.90 Å². The fourth-order valence-electron chi connectivity index (χ4n) is 3.61. The Morgan fingerprint density at radius 2 is 1.62 bits per heavy atom. The molecule has 2 saturated heterocycles. The second-order valence-corrected chi connectivity index (χ2v) is 8.47. The molecule has 1 aromatic rings. The van der Waals surface area contributed by atoms with E-state index in [0.29, 0.717) is 0 Å². The minimum Gasteiger partial charge on any atom is -0.615 e. The van der Waals surface area contributed by atoms with Crippen LogP contribution in [0.3, 0.4) is 0 Å². The number of anilines is 1. The molecule has 0 spiro atoms. The van der Waals surface area contributed by atoms with Gasteiger partial charge in [-0.15, -0.1) is 0 Å². The smallest absolute Gasteiger partial charge is 0.417 e. The van der Waals surface area contributed by atoms with Crippen molar-refractivity contribution in [2.45, 2.75) is 16.7 Å². The van der Waals surface area contributed by atoms with E-state index in [4.69, 9.17) is 0 Å². The van der Waals surface area contributed by atoms with Gasteiger partial charge in [0.25, 0.3) is 0 Å². The second-order valence-electron chi connectivity index (χ2n) is 5.87. The zero-order valence-electron chi connectivity index (χ0n) is 11.8. The average Bonchev–Trinajstić information content (AvgIpc) is 3.09. The molecule has 1 aromatic carbocycles. The molecule has 3 aliphatic rings. The number of benzene rings is 1. The molecule has 4 rings (SSSR count). The number of alkyl halides is 3. The summed E-state index contributed by atoms with van der Waals surface area (Å²) in [4.78, 5) is 26.1. The van der Waals surface area contributed by atoms with Crippen LogP contribution in [0.5, 0.6) is 0 Å². The van der Waals surface area contributed by atoms with Crippen molar-refractivity contribution in [3.05, 3.63) is 40.4 Å². The maximum absolute atomic E-state index is 13.1. The number of amides is 2. The molecule has 0 aliphatic carbocycles. The molecule has 3 heterocycles. The number of hydrogen-bond donors (Lipinski definition) is 0. The average molecular weight is 420 g/mol. The third-order valence-corrected chi connectivity index (χ3v) is 7.31. The zero-order chi connectivity index (χ0) is 17.4. The lowest BCUT2D eigenvalue weighted by molar-refractivity contribution is -0.138. The summed E-state index contributed by atoms with van der Waals surface area (Å²) in [5.41, 5.74) is -1.07. The first kappa shape index (κ1) is 16.2. The first-order valence-electron chi connectivity index (χ1n) is 7.04. The van der Waals surface area contributed by atoms with Crippen LogP contribution in [0.25, 0.3) is 0 Å². The van der Waals surface area contributed by atoms with Crippen LogP contribution in [-0.2, 0) is 26.9 Å². The Morgan fingerprint density at radius 1 is 1.08 bits per heavy atom. The fraction of sp³-hybridized carbons (Fsp3) is 0.333. The van der Waals surface area contributed by atoms with Crippen molar-refractivity contribution < 1.29 is 27.3 Å². The summed E-state index contributed by atoms with van der Waals surface area (Å²) >= 11 is 1.52. The van der Waals surface area contributed by atoms with E-state index in [2.05, 4.69) is 15.9 Å². The fourth-order valence-corrected chi connectivity index (χ4v) is 6.09. The normalized spacial score (nSPS) is 34.4. The van der Waals surface area contributed by atoms with E-state index in [-0.39, 0.29) is 10.2 Å². The third kappa shape index (κ3) is 2.04. The number of carbonyl (C=O) groups excluding carboxylic acids is 2. The van der Waals surface area contributed by atoms with Gasteiger partial charge in [-0.05, 0) is 41.5 Å². The molecule has 0 radical (unpaired) electrons. The van der Waals surface area contributed by atoms with E-state index < -0.39 is 57.1 Å². The van der Waals surface area contributed by atoms with Crippen LogP contribution in [0.4, 0.5) is 18.9 Å². The highest BCUT2D eigenvalue weighted by Crippen LogP contribution is 2.50. The van der Waals surface area contributed by atoms with Crippen LogP contribution in [0.2, 0.25) is 0 Å². The Morgan fingerprint density at radius 3 is 2.12 bits per heavy atom. The molecular formula is C15H9BrF3NO3S. The molecule has 0 N–H and O–H groups in total. The molecule has 5 atom stereocenters. The van der Waals surface area contributed by atoms with Crippen LogP contribution in [0.1, 0.15) is 5.56 Å². The Balaban J connectivity index is 1.75. The minimum absolute atomic E-state index is 0.111. The topological polar surface area (TPSA) is 60.4 Å². The molecule has 4 nitrogen and oxygen atoms in total. The van der Waals surface area contributed by atoms with Gasteiger partial charge >= 0.3 is 6.18 Å². The lowest BCUT2D eigenvalue weighted by Gasteiger charge is -2.20. The number of nitrogens with zero attached hydrogens (tertiary/aromatic N) is 1.